The van der Waals surface area contributed by atoms with Crippen molar-refractivity contribution >= 4 is 5.97 Å². The van der Waals surface area contributed by atoms with Crippen molar-refractivity contribution in [2.75, 3.05) is 6.61 Å². The Balaban J connectivity index is 2.56. The Morgan fingerprint density at radius 2 is 1.95 bits per heavy atom. The van der Waals surface area contributed by atoms with Gasteiger partial charge in [0.25, 0.3) is 5.56 Å². The molecule has 5 heteroatoms. The third-order valence-corrected chi connectivity index (χ3v) is 2.86. The molecule has 0 saturated heterocycles. The van der Waals surface area contributed by atoms with Crippen LogP contribution >= 0.6 is 0 Å². The number of benzene rings is 1. The number of aromatic amines is 1. The van der Waals surface area contributed by atoms with Crippen LogP contribution in [0, 0.1) is 6.92 Å². The van der Waals surface area contributed by atoms with Crippen molar-refractivity contribution in [1.82, 2.24) is 4.98 Å². The minimum atomic E-state index is -1.24. The van der Waals surface area contributed by atoms with E-state index in [0.29, 0.717) is 29.2 Å². The van der Waals surface area contributed by atoms with Gasteiger partial charge in [-0.2, -0.15) is 0 Å². The van der Waals surface area contributed by atoms with E-state index in [-0.39, 0.29) is 5.56 Å². The Labute approximate surface area is 115 Å². The number of carbonyl (C=O) groups is 1. The van der Waals surface area contributed by atoms with Crippen molar-refractivity contribution in [3.05, 3.63) is 51.9 Å². The Kier molecular flexibility index (Phi) is 3.89. The van der Waals surface area contributed by atoms with Crippen molar-refractivity contribution in [3.63, 3.8) is 0 Å². The normalized spacial score (nSPS) is 10.3. The molecule has 0 aliphatic carbocycles. The molecule has 2 aromatic rings. The molecular formula is C15H15NO4. The van der Waals surface area contributed by atoms with Gasteiger partial charge in [-0.15, -0.1) is 0 Å². The average molecular weight is 273 g/mol. The summed E-state index contributed by atoms with van der Waals surface area (Å²) in [6.45, 7) is 4.16. The van der Waals surface area contributed by atoms with Gasteiger partial charge in [-0.1, -0.05) is 12.1 Å². The molecule has 0 amide bonds. The highest BCUT2D eigenvalue weighted by Gasteiger charge is 2.17. The molecule has 2 rings (SSSR count). The Morgan fingerprint density at radius 1 is 1.30 bits per heavy atom. The average Bonchev–Trinajstić information content (AvgIpc) is 2.38. The molecule has 104 valence electrons. The summed E-state index contributed by atoms with van der Waals surface area (Å²) < 4.78 is 5.34. The molecule has 0 spiro atoms. The van der Waals surface area contributed by atoms with E-state index in [9.17, 15) is 14.7 Å². The number of nitrogens with one attached hydrogen (secondary N) is 1. The topological polar surface area (TPSA) is 79.4 Å². The molecule has 0 aliphatic heterocycles. The van der Waals surface area contributed by atoms with Crippen LogP contribution in [0.25, 0.3) is 11.1 Å². The van der Waals surface area contributed by atoms with Gasteiger partial charge >= 0.3 is 5.97 Å². The summed E-state index contributed by atoms with van der Waals surface area (Å²) in [4.78, 5) is 25.5. The number of aromatic nitrogens is 1. The zero-order valence-electron chi connectivity index (χ0n) is 11.3. The highest BCUT2D eigenvalue weighted by molar-refractivity contribution is 5.95. The lowest BCUT2D eigenvalue weighted by molar-refractivity contribution is 0.0696. The number of aromatic carboxylic acids is 1. The van der Waals surface area contributed by atoms with E-state index >= 15 is 0 Å². The molecule has 0 fully saturated rings. The Bertz CT molecular complexity index is 686. The van der Waals surface area contributed by atoms with Crippen LogP contribution in [0.3, 0.4) is 0 Å². The smallest absolute Gasteiger partial charge is 0.341 e. The standard InChI is InChI=1S/C15H15NO4/c1-3-20-11-6-4-10(5-7-11)12-8-9(2)16-14(17)13(12)15(18)19/h4-8H,3H2,1-2H3,(H,16,17)(H,18,19). The van der Waals surface area contributed by atoms with Crippen LogP contribution in [0.1, 0.15) is 23.0 Å². The van der Waals surface area contributed by atoms with Crippen molar-refractivity contribution in [1.29, 1.82) is 0 Å². The van der Waals surface area contributed by atoms with Gasteiger partial charge in [0.15, 0.2) is 0 Å². The van der Waals surface area contributed by atoms with Gasteiger partial charge in [0.1, 0.15) is 11.3 Å². The summed E-state index contributed by atoms with van der Waals surface area (Å²) in [6.07, 6.45) is 0. The van der Waals surface area contributed by atoms with Crippen LogP contribution < -0.4 is 10.3 Å². The third-order valence-electron chi connectivity index (χ3n) is 2.86. The maximum Gasteiger partial charge on any atom is 0.341 e. The quantitative estimate of drug-likeness (QED) is 0.896. The number of aryl methyl sites for hydroxylation is 1. The molecule has 1 aromatic heterocycles. The van der Waals surface area contributed by atoms with Crippen molar-refractivity contribution in [2.45, 2.75) is 13.8 Å². The van der Waals surface area contributed by atoms with E-state index in [1.54, 1.807) is 37.3 Å². The monoisotopic (exact) mass is 273 g/mol. The summed E-state index contributed by atoms with van der Waals surface area (Å²) in [7, 11) is 0. The number of carboxylic acids is 1. The molecular weight excluding hydrogens is 258 g/mol. The molecule has 20 heavy (non-hydrogen) atoms. The fourth-order valence-corrected chi connectivity index (χ4v) is 2.03. The molecule has 0 aliphatic rings. The van der Waals surface area contributed by atoms with E-state index in [2.05, 4.69) is 4.98 Å². The zero-order valence-corrected chi connectivity index (χ0v) is 11.3. The second-order valence-corrected chi connectivity index (χ2v) is 4.33. The first-order valence-electron chi connectivity index (χ1n) is 6.23. The zero-order chi connectivity index (χ0) is 14.7. The number of rotatable bonds is 4. The molecule has 0 unspecified atom stereocenters. The largest absolute Gasteiger partial charge is 0.494 e. The lowest BCUT2D eigenvalue weighted by Gasteiger charge is -2.08. The first-order valence-corrected chi connectivity index (χ1v) is 6.23. The van der Waals surface area contributed by atoms with Crippen molar-refractivity contribution < 1.29 is 14.6 Å². The summed E-state index contributed by atoms with van der Waals surface area (Å²) in [6, 6.07) is 8.64. The van der Waals surface area contributed by atoms with Gasteiger partial charge in [-0.05, 0) is 37.6 Å². The van der Waals surface area contributed by atoms with Crippen LogP contribution in [0.5, 0.6) is 5.75 Å². The Morgan fingerprint density at radius 3 is 2.50 bits per heavy atom. The summed E-state index contributed by atoms with van der Waals surface area (Å²) >= 11 is 0. The summed E-state index contributed by atoms with van der Waals surface area (Å²) in [5.41, 5.74) is 0.840. The highest BCUT2D eigenvalue weighted by Crippen LogP contribution is 2.24. The molecule has 5 nitrogen and oxygen atoms in total. The fourth-order valence-electron chi connectivity index (χ4n) is 2.03. The van der Waals surface area contributed by atoms with Crippen LogP contribution in [0.4, 0.5) is 0 Å². The second-order valence-electron chi connectivity index (χ2n) is 4.33. The van der Waals surface area contributed by atoms with E-state index in [0.717, 1.165) is 0 Å². The van der Waals surface area contributed by atoms with Crippen molar-refractivity contribution in [2.24, 2.45) is 0 Å². The van der Waals surface area contributed by atoms with Gasteiger partial charge < -0.3 is 14.8 Å². The molecule has 0 atom stereocenters. The summed E-state index contributed by atoms with van der Waals surface area (Å²) in [5.74, 6) is -0.537. The van der Waals surface area contributed by atoms with E-state index in [1.165, 1.54) is 0 Å². The number of pyridine rings is 1. The number of ether oxygens (including phenoxy) is 1. The first-order chi connectivity index (χ1) is 9.52. The first kappa shape index (κ1) is 13.9. The summed E-state index contributed by atoms with van der Waals surface area (Å²) in [5, 5.41) is 9.19. The highest BCUT2D eigenvalue weighted by atomic mass is 16.5. The molecule has 0 bridgehead atoms. The molecule has 2 N–H and O–H groups in total. The fraction of sp³-hybridized carbons (Fsp3) is 0.200. The lowest BCUT2D eigenvalue weighted by atomic mass is 10.0. The molecule has 1 heterocycles. The lowest BCUT2D eigenvalue weighted by Crippen LogP contribution is -2.19. The SMILES string of the molecule is CCOc1ccc(-c2cc(C)[nH]c(=O)c2C(=O)O)cc1. The number of H-pyrrole nitrogens is 1. The number of hydrogen-bond donors (Lipinski definition) is 2. The van der Waals surface area contributed by atoms with E-state index in [4.69, 9.17) is 4.74 Å². The predicted molar refractivity (Wildman–Crippen MR) is 75.4 cm³/mol. The minimum Gasteiger partial charge on any atom is -0.494 e. The van der Waals surface area contributed by atoms with Crippen molar-refractivity contribution in [3.8, 4) is 16.9 Å². The second kappa shape index (κ2) is 5.61. The maximum absolute atomic E-state index is 11.8. The molecule has 0 radical (unpaired) electrons. The minimum absolute atomic E-state index is 0.250. The Hall–Kier alpha value is -2.56. The number of carboxylic acid groups (broad SMARTS) is 1. The van der Waals surface area contributed by atoms with Crippen LogP contribution in [0.2, 0.25) is 0 Å². The third kappa shape index (κ3) is 2.71. The van der Waals surface area contributed by atoms with Gasteiger partial charge in [0.05, 0.1) is 6.61 Å². The maximum atomic E-state index is 11.8. The molecule has 0 saturated carbocycles. The van der Waals surface area contributed by atoms with Crippen LogP contribution in [-0.4, -0.2) is 22.7 Å². The van der Waals surface area contributed by atoms with E-state index < -0.39 is 11.5 Å². The van der Waals surface area contributed by atoms with Crippen LogP contribution in [-0.2, 0) is 0 Å². The van der Waals surface area contributed by atoms with Gasteiger partial charge in [-0.3, -0.25) is 4.79 Å². The van der Waals surface area contributed by atoms with Gasteiger partial charge in [-0.25, -0.2) is 4.79 Å². The van der Waals surface area contributed by atoms with E-state index in [1.807, 2.05) is 6.92 Å². The van der Waals surface area contributed by atoms with Gasteiger partial charge in [0, 0.05) is 11.3 Å². The predicted octanol–water partition coefficient (Wildman–Crippen LogP) is 2.45. The number of hydrogen-bond acceptors (Lipinski definition) is 3. The van der Waals surface area contributed by atoms with Gasteiger partial charge in [0.2, 0.25) is 0 Å². The molecule has 1 aromatic carbocycles. The van der Waals surface area contributed by atoms with Crippen LogP contribution in [0.15, 0.2) is 35.1 Å².